The molecule has 4 unspecified atom stereocenters. The van der Waals surface area contributed by atoms with Crippen molar-refractivity contribution in [2.45, 2.75) is 18.6 Å². The molecule has 6 rings (SSSR count). The maximum Gasteiger partial charge on any atom is 0.310 e. The lowest BCUT2D eigenvalue weighted by Gasteiger charge is -2.39. The lowest BCUT2D eigenvalue weighted by atomic mass is 9.66. The summed E-state index contributed by atoms with van der Waals surface area (Å²) in [6, 6.07) is 15.4. The number of carbonyl (C=O) groups is 1. The van der Waals surface area contributed by atoms with Crippen LogP contribution in [0.25, 0.3) is 0 Å². The summed E-state index contributed by atoms with van der Waals surface area (Å²) in [6.45, 7) is 0.750. The van der Waals surface area contributed by atoms with E-state index in [0.717, 1.165) is 28.0 Å². The van der Waals surface area contributed by atoms with Crippen molar-refractivity contribution in [3.05, 3.63) is 70.8 Å². The Hall–Kier alpha value is -4.11. The second-order valence-corrected chi connectivity index (χ2v) is 9.67. The molecule has 204 valence electrons. The van der Waals surface area contributed by atoms with Gasteiger partial charge in [-0.2, -0.15) is 0 Å². The number of methoxy groups -OCH3 is 4. The maximum absolute atomic E-state index is 13.3. The molecule has 0 aromatic heterocycles. The Morgan fingerprint density at radius 2 is 1.46 bits per heavy atom. The van der Waals surface area contributed by atoms with Crippen LogP contribution in [0, 0.1) is 11.8 Å². The fourth-order valence-electron chi connectivity index (χ4n) is 5.91. The van der Waals surface area contributed by atoms with Crippen LogP contribution in [0.4, 0.5) is 0 Å². The second kappa shape index (κ2) is 10.2. The fraction of sp³-hybridized carbons (Fsp3) is 0.367. The number of benzene rings is 3. The molecule has 2 heterocycles. The van der Waals surface area contributed by atoms with Crippen molar-refractivity contribution in [1.82, 2.24) is 0 Å². The summed E-state index contributed by atoms with van der Waals surface area (Å²) in [6.07, 6.45) is -0.397. The summed E-state index contributed by atoms with van der Waals surface area (Å²) in [7, 11) is 6.34. The predicted octanol–water partition coefficient (Wildman–Crippen LogP) is 4.64. The van der Waals surface area contributed by atoms with Crippen LogP contribution in [-0.4, -0.2) is 47.8 Å². The molecule has 0 radical (unpaired) electrons. The topological polar surface area (TPSA) is 90.9 Å². The first kappa shape index (κ1) is 25.2. The Kier molecular flexibility index (Phi) is 6.60. The summed E-state index contributed by atoms with van der Waals surface area (Å²) in [4.78, 5) is 13.3. The summed E-state index contributed by atoms with van der Waals surface area (Å²) < 4.78 is 45.8. The third kappa shape index (κ3) is 4.27. The fourth-order valence-corrected chi connectivity index (χ4v) is 5.91. The van der Waals surface area contributed by atoms with Gasteiger partial charge in [-0.05, 0) is 58.7 Å². The zero-order chi connectivity index (χ0) is 27.1. The van der Waals surface area contributed by atoms with Crippen molar-refractivity contribution < 1.29 is 42.7 Å². The molecule has 3 aliphatic rings. The van der Waals surface area contributed by atoms with Gasteiger partial charge in [0.2, 0.25) is 12.5 Å². The van der Waals surface area contributed by atoms with Gasteiger partial charge in [0.15, 0.2) is 23.0 Å². The summed E-state index contributed by atoms with van der Waals surface area (Å²) in [5, 5.41) is 0. The van der Waals surface area contributed by atoms with Crippen molar-refractivity contribution in [2.75, 3.05) is 41.8 Å². The molecule has 0 N–H and O–H groups in total. The summed E-state index contributed by atoms with van der Waals surface area (Å²) >= 11 is 0. The van der Waals surface area contributed by atoms with Crippen molar-refractivity contribution in [1.29, 1.82) is 0 Å². The first-order valence-corrected chi connectivity index (χ1v) is 12.7. The van der Waals surface area contributed by atoms with E-state index in [2.05, 4.69) is 0 Å². The van der Waals surface area contributed by atoms with Gasteiger partial charge in [0.25, 0.3) is 0 Å². The minimum Gasteiger partial charge on any atom is -0.497 e. The lowest BCUT2D eigenvalue weighted by Crippen LogP contribution is -2.35. The number of ether oxygens (including phenoxy) is 8. The predicted molar refractivity (Wildman–Crippen MR) is 139 cm³/mol. The molecule has 0 amide bonds. The lowest BCUT2D eigenvalue weighted by molar-refractivity contribution is -0.141. The molecule has 9 nitrogen and oxygen atoms in total. The van der Waals surface area contributed by atoms with E-state index in [1.54, 1.807) is 28.4 Å². The van der Waals surface area contributed by atoms with Crippen LogP contribution < -0.4 is 28.4 Å². The maximum atomic E-state index is 13.3. The Bertz CT molecular complexity index is 1360. The van der Waals surface area contributed by atoms with E-state index in [-0.39, 0.29) is 31.2 Å². The normalized spacial score (nSPS) is 22.5. The molecule has 1 saturated heterocycles. The molecule has 1 aliphatic carbocycles. The van der Waals surface area contributed by atoms with Crippen molar-refractivity contribution in [2.24, 2.45) is 11.8 Å². The number of fused-ring (bicyclic) bond motifs is 3. The molecular weight excluding hydrogens is 504 g/mol. The van der Waals surface area contributed by atoms with E-state index in [1.807, 2.05) is 48.5 Å². The van der Waals surface area contributed by atoms with Gasteiger partial charge in [0.05, 0.1) is 53.7 Å². The minimum absolute atomic E-state index is 0.138. The van der Waals surface area contributed by atoms with Gasteiger partial charge in [0, 0.05) is 11.8 Å². The Morgan fingerprint density at radius 1 is 0.795 bits per heavy atom. The monoisotopic (exact) mass is 534 g/mol. The number of carbonyl (C=O) groups excluding carboxylic acids is 1. The standard InChI is InChI=1S/C30H30O9/c1-32-18-7-5-16(6-8-18)13-36-28-20-12-23-22(38-15-39-23)11-19(20)26(27-21(28)14-37-30(27)31)17-9-24(33-2)29(35-4)25(10-17)34-3/h5-12,21,26-28H,13-15H2,1-4H3. The Balaban J connectivity index is 1.46. The van der Waals surface area contributed by atoms with Crippen LogP contribution in [0.1, 0.15) is 34.3 Å². The van der Waals surface area contributed by atoms with Gasteiger partial charge in [-0.25, -0.2) is 0 Å². The minimum atomic E-state index is -0.485. The van der Waals surface area contributed by atoms with Gasteiger partial charge in [0.1, 0.15) is 5.75 Å². The molecule has 1 fully saturated rings. The molecule has 0 spiro atoms. The van der Waals surface area contributed by atoms with Crippen LogP contribution in [-0.2, 0) is 20.9 Å². The zero-order valence-electron chi connectivity index (χ0n) is 22.2. The zero-order valence-corrected chi connectivity index (χ0v) is 22.2. The SMILES string of the molecule is COc1ccc(COC2c3cc4c(cc3C(c3cc(OC)c(OC)c(OC)c3)C3C(=O)OCC23)OCO4)cc1. The van der Waals surface area contributed by atoms with Crippen LogP contribution >= 0.6 is 0 Å². The third-order valence-electron chi connectivity index (χ3n) is 7.75. The molecule has 4 atom stereocenters. The van der Waals surface area contributed by atoms with E-state index >= 15 is 0 Å². The first-order chi connectivity index (χ1) is 19.1. The largest absolute Gasteiger partial charge is 0.497 e. The van der Waals surface area contributed by atoms with Crippen molar-refractivity contribution >= 4 is 5.97 Å². The van der Waals surface area contributed by atoms with Gasteiger partial charge in [-0.15, -0.1) is 0 Å². The Morgan fingerprint density at radius 3 is 2.08 bits per heavy atom. The molecule has 9 heteroatoms. The molecule has 0 bridgehead atoms. The first-order valence-electron chi connectivity index (χ1n) is 12.7. The molecule has 3 aromatic carbocycles. The van der Waals surface area contributed by atoms with Gasteiger partial charge in [-0.1, -0.05) is 12.1 Å². The summed E-state index contributed by atoms with van der Waals surface area (Å²) in [5.74, 6) is 2.24. The Labute approximate surface area is 226 Å². The van der Waals surface area contributed by atoms with E-state index in [0.29, 0.717) is 35.4 Å². The average molecular weight is 535 g/mol. The molecule has 39 heavy (non-hydrogen) atoms. The summed E-state index contributed by atoms with van der Waals surface area (Å²) in [5.41, 5.74) is 3.68. The van der Waals surface area contributed by atoms with Crippen molar-refractivity contribution in [3.8, 4) is 34.5 Å². The highest BCUT2D eigenvalue weighted by Gasteiger charge is 2.53. The molecule has 3 aromatic rings. The van der Waals surface area contributed by atoms with Crippen LogP contribution in [0.2, 0.25) is 0 Å². The second-order valence-electron chi connectivity index (χ2n) is 9.67. The number of hydrogen-bond acceptors (Lipinski definition) is 9. The average Bonchev–Trinajstić information content (AvgIpc) is 3.59. The number of rotatable bonds is 8. The quantitative estimate of drug-likeness (QED) is 0.383. The highest BCUT2D eigenvalue weighted by molar-refractivity contribution is 5.79. The molecule has 2 aliphatic heterocycles. The number of hydrogen-bond donors (Lipinski definition) is 0. The van der Waals surface area contributed by atoms with Gasteiger partial charge in [-0.3, -0.25) is 4.79 Å². The van der Waals surface area contributed by atoms with Crippen LogP contribution in [0.5, 0.6) is 34.5 Å². The van der Waals surface area contributed by atoms with Crippen LogP contribution in [0.3, 0.4) is 0 Å². The van der Waals surface area contributed by atoms with E-state index < -0.39 is 12.0 Å². The highest BCUT2D eigenvalue weighted by atomic mass is 16.7. The van der Waals surface area contributed by atoms with Crippen molar-refractivity contribution in [3.63, 3.8) is 0 Å². The van der Waals surface area contributed by atoms with Crippen LogP contribution in [0.15, 0.2) is 48.5 Å². The molecule has 0 saturated carbocycles. The van der Waals surface area contributed by atoms with E-state index in [1.165, 1.54) is 0 Å². The van der Waals surface area contributed by atoms with E-state index in [9.17, 15) is 4.79 Å². The highest BCUT2D eigenvalue weighted by Crippen LogP contribution is 2.56. The number of esters is 1. The third-order valence-corrected chi connectivity index (χ3v) is 7.75. The van der Waals surface area contributed by atoms with Gasteiger partial charge >= 0.3 is 5.97 Å². The smallest absolute Gasteiger partial charge is 0.310 e. The van der Waals surface area contributed by atoms with E-state index in [4.69, 9.17) is 37.9 Å². The molecular formula is C30H30O9. The number of cyclic esters (lactones) is 1. The van der Waals surface area contributed by atoms with Gasteiger partial charge < -0.3 is 37.9 Å².